The van der Waals surface area contributed by atoms with Crippen LogP contribution in [0.4, 0.5) is 0 Å². The summed E-state index contributed by atoms with van der Waals surface area (Å²) in [4.78, 5) is 25.3. The van der Waals surface area contributed by atoms with E-state index < -0.39 is 73.5 Å². The Morgan fingerprint density at radius 1 is 1.08 bits per heavy atom. The number of methoxy groups -OCH3 is 1. The summed E-state index contributed by atoms with van der Waals surface area (Å²) in [6.07, 6.45) is -2.79. The molecule has 0 aromatic rings. The second kappa shape index (κ2) is 13.8. The van der Waals surface area contributed by atoms with Crippen LogP contribution in [0.5, 0.6) is 0 Å². The number of carbonyl (C=O) groups is 2. The predicted molar refractivity (Wildman–Crippen MR) is 134 cm³/mol. The first-order chi connectivity index (χ1) is 18.5. The smallest absolute Gasteiger partial charge is 0.337 e. The van der Waals surface area contributed by atoms with Crippen LogP contribution in [-0.4, -0.2) is 101 Å². The Morgan fingerprint density at radius 2 is 1.79 bits per heavy atom. The van der Waals surface area contributed by atoms with E-state index in [4.69, 9.17) is 28.8 Å². The maximum absolute atomic E-state index is 12.9. The topological polar surface area (TPSA) is 181 Å². The van der Waals surface area contributed by atoms with Crippen LogP contribution in [0.1, 0.15) is 40.0 Å². The zero-order valence-corrected chi connectivity index (χ0v) is 22.6. The highest BCUT2D eigenvalue weighted by Crippen LogP contribution is 2.48. The molecular weight excluding hydrogens is 516 g/mol. The minimum atomic E-state index is -1.63. The van der Waals surface area contributed by atoms with Crippen molar-refractivity contribution in [2.75, 3.05) is 20.3 Å². The Labute approximate surface area is 227 Å². The molecule has 12 heteroatoms. The largest absolute Gasteiger partial charge is 0.472 e. The predicted octanol–water partition coefficient (Wildman–Crippen LogP) is 0.0652. The van der Waals surface area contributed by atoms with Crippen LogP contribution < -0.4 is 0 Å². The van der Waals surface area contributed by atoms with Gasteiger partial charge in [0.2, 0.25) is 6.29 Å². The van der Waals surface area contributed by atoms with Crippen LogP contribution in [0.2, 0.25) is 0 Å². The highest BCUT2D eigenvalue weighted by molar-refractivity contribution is 5.89. The SMILES string of the molecule is COC(=O)C1=CO[C@@H](O[C@@H]2O[C@H](CO)[C@@H](O)[C@H](O)[C@H]2O)[C@@H]2[C@@H](C)[C@@H](OC(=O)/C(C)=C/CC/C(C)=C/CO)C[C@H]12. The second-order valence-corrected chi connectivity index (χ2v) is 10.3. The summed E-state index contributed by atoms with van der Waals surface area (Å²) in [5.74, 6) is -2.44. The summed E-state index contributed by atoms with van der Waals surface area (Å²) in [5.41, 5.74) is 1.69. The zero-order chi connectivity index (χ0) is 28.9. The molecule has 0 aromatic carbocycles. The molecule has 1 saturated heterocycles. The third kappa shape index (κ3) is 7.07. The van der Waals surface area contributed by atoms with Crippen molar-refractivity contribution >= 4 is 11.9 Å². The van der Waals surface area contributed by atoms with Crippen molar-refractivity contribution in [3.8, 4) is 0 Å². The van der Waals surface area contributed by atoms with Gasteiger partial charge < -0.3 is 49.2 Å². The van der Waals surface area contributed by atoms with E-state index in [9.17, 15) is 30.0 Å². The summed E-state index contributed by atoms with van der Waals surface area (Å²) in [6, 6.07) is 0. The molecule has 10 atom stereocenters. The molecule has 0 bridgehead atoms. The lowest BCUT2D eigenvalue weighted by molar-refractivity contribution is -0.342. The van der Waals surface area contributed by atoms with E-state index in [1.165, 1.54) is 13.4 Å². The van der Waals surface area contributed by atoms with Crippen molar-refractivity contribution in [2.24, 2.45) is 17.8 Å². The normalized spacial score (nSPS) is 37.0. The van der Waals surface area contributed by atoms with E-state index in [1.54, 1.807) is 19.1 Å². The van der Waals surface area contributed by atoms with Crippen molar-refractivity contribution in [1.82, 2.24) is 0 Å². The Morgan fingerprint density at radius 3 is 2.44 bits per heavy atom. The molecule has 1 saturated carbocycles. The number of hydrogen-bond donors (Lipinski definition) is 5. The molecule has 3 aliphatic rings. The average Bonchev–Trinajstić information content (AvgIpc) is 3.24. The first-order valence-electron chi connectivity index (χ1n) is 13.1. The van der Waals surface area contributed by atoms with Gasteiger partial charge in [-0.05, 0) is 33.1 Å². The van der Waals surface area contributed by atoms with Gasteiger partial charge in [0.25, 0.3) is 0 Å². The summed E-state index contributed by atoms with van der Waals surface area (Å²) >= 11 is 0. The summed E-state index contributed by atoms with van der Waals surface area (Å²) < 4.78 is 27.8. The van der Waals surface area contributed by atoms with Crippen LogP contribution in [0.15, 0.2) is 35.1 Å². The maximum Gasteiger partial charge on any atom is 0.337 e. The lowest BCUT2D eigenvalue weighted by Crippen LogP contribution is -2.60. The zero-order valence-electron chi connectivity index (χ0n) is 22.6. The summed E-state index contributed by atoms with van der Waals surface area (Å²) in [7, 11) is 1.25. The molecule has 3 rings (SSSR count). The Hall–Kier alpha value is -2.32. The number of aliphatic hydroxyl groups is 5. The van der Waals surface area contributed by atoms with Crippen molar-refractivity contribution in [3.63, 3.8) is 0 Å². The summed E-state index contributed by atoms with van der Waals surface area (Å²) in [6.45, 7) is 4.74. The Balaban J connectivity index is 1.75. The fourth-order valence-electron chi connectivity index (χ4n) is 5.32. The minimum Gasteiger partial charge on any atom is -0.472 e. The lowest BCUT2D eigenvalue weighted by atomic mass is 9.83. The molecule has 1 aliphatic carbocycles. The van der Waals surface area contributed by atoms with Crippen LogP contribution in [0.25, 0.3) is 0 Å². The van der Waals surface area contributed by atoms with E-state index >= 15 is 0 Å². The molecule has 39 heavy (non-hydrogen) atoms. The quantitative estimate of drug-likeness (QED) is 0.139. The number of allylic oxidation sites excluding steroid dienone is 2. The lowest BCUT2D eigenvalue weighted by Gasteiger charge is -2.43. The molecule has 5 N–H and O–H groups in total. The van der Waals surface area contributed by atoms with Gasteiger partial charge in [-0.1, -0.05) is 24.6 Å². The van der Waals surface area contributed by atoms with Gasteiger partial charge in [0.15, 0.2) is 6.29 Å². The van der Waals surface area contributed by atoms with Gasteiger partial charge >= 0.3 is 11.9 Å². The van der Waals surface area contributed by atoms with Crippen LogP contribution in [-0.2, 0) is 33.3 Å². The van der Waals surface area contributed by atoms with Crippen molar-refractivity contribution in [3.05, 3.63) is 35.1 Å². The number of hydrogen-bond acceptors (Lipinski definition) is 12. The van der Waals surface area contributed by atoms with Gasteiger partial charge in [0.1, 0.15) is 30.5 Å². The Kier molecular flexibility index (Phi) is 11.1. The number of esters is 2. The van der Waals surface area contributed by atoms with E-state index in [0.29, 0.717) is 24.8 Å². The second-order valence-electron chi connectivity index (χ2n) is 10.3. The van der Waals surface area contributed by atoms with Gasteiger partial charge in [0.05, 0.1) is 32.2 Å². The highest BCUT2D eigenvalue weighted by Gasteiger charge is 2.54. The highest BCUT2D eigenvalue weighted by atomic mass is 16.8. The van der Waals surface area contributed by atoms with E-state index in [0.717, 1.165) is 5.57 Å². The molecule has 0 unspecified atom stereocenters. The van der Waals surface area contributed by atoms with Gasteiger partial charge in [-0.3, -0.25) is 0 Å². The molecule has 2 fully saturated rings. The first-order valence-corrected chi connectivity index (χ1v) is 13.1. The molecule has 0 aromatic heterocycles. The molecular formula is C27H40O12. The molecule has 0 radical (unpaired) electrons. The number of ether oxygens (including phenoxy) is 5. The molecule has 2 aliphatic heterocycles. The molecule has 0 spiro atoms. The van der Waals surface area contributed by atoms with E-state index in [1.807, 2.05) is 13.8 Å². The summed E-state index contributed by atoms with van der Waals surface area (Å²) in [5, 5.41) is 49.1. The molecule has 0 amide bonds. The third-order valence-electron chi connectivity index (χ3n) is 7.73. The van der Waals surface area contributed by atoms with E-state index in [2.05, 4.69) is 0 Å². The first kappa shape index (κ1) is 31.2. The molecule has 2 heterocycles. The fourth-order valence-corrected chi connectivity index (χ4v) is 5.32. The number of rotatable bonds is 10. The van der Waals surface area contributed by atoms with Gasteiger partial charge in [0, 0.05) is 23.3 Å². The monoisotopic (exact) mass is 556 g/mol. The maximum atomic E-state index is 12.9. The van der Waals surface area contributed by atoms with Crippen LogP contribution in [0.3, 0.4) is 0 Å². The average molecular weight is 557 g/mol. The third-order valence-corrected chi connectivity index (χ3v) is 7.73. The van der Waals surface area contributed by atoms with Crippen LogP contribution >= 0.6 is 0 Å². The number of aliphatic hydroxyl groups excluding tert-OH is 5. The standard InChI is InChI=1S/C27H40O12/c1-13(8-9-28)6-5-7-14(2)24(33)37-18-10-16-17(25(34)35-4)12-36-26(20(16)15(18)3)39-27-23(32)22(31)21(30)19(11-29)38-27/h7-8,12,15-16,18-23,26-32H,5-6,9-11H2,1-4H3/b13-8+,14-7+/t15-,16+,18-,19+,20+,21+,22-,23+,26-,27-/m0/s1. The van der Waals surface area contributed by atoms with Gasteiger partial charge in [-0.25, -0.2) is 9.59 Å². The van der Waals surface area contributed by atoms with Crippen molar-refractivity contribution in [1.29, 1.82) is 0 Å². The molecule has 220 valence electrons. The minimum absolute atomic E-state index is 0.0364. The van der Waals surface area contributed by atoms with E-state index in [-0.39, 0.29) is 18.1 Å². The molecule has 12 nitrogen and oxygen atoms in total. The fraction of sp³-hybridized carbons (Fsp3) is 0.704. The number of carbonyl (C=O) groups excluding carboxylic acids is 2. The Bertz CT molecular complexity index is 956. The number of fused-ring (bicyclic) bond motifs is 1. The van der Waals surface area contributed by atoms with Gasteiger partial charge in [-0.15, -0.1) is 0 Å². The van der Waals surface area contributed by atoms with Crippen molar-refractivity contribution < 1.29 is 58.8 Å². The van der Waals surface area contributed by atoms with Crippen LogP contribution in [0, 0.1) is 17.8 Å². The van der Waals surface area contributed by atoms with Gasteiger partial charge in [-0.2, -0.15) is 0 Å². The van der Waals surface area contributed by atoms with Crippen molar-refractivity contribution in [2.45, 2.75) is 83.1 Å².